The van der Waals surface area contributed by atoms with Crippen molar-refractivity contribution in [2.24, 2.45) is 0 Å². The zero-order valence-electron chi connectivity index (χ0n) is 15.0. The number of hydrogen-bond donors (Lipinski definition) is 2. The number of amides is 1. The molecule has 0 aliphatic carbocycles. The summed E-state index contributed by atoms with van der Waals surface area (Å²) in [4.78, 5) is 14.5. The Balaban J connectivity index is 1.70. The average Bonchev–Trinajstić information content (AvgIpc) is 2.89. The predicted octanol–water partition coefficient (Wildman–Crippen LogP) is 2.00. The van der Waals surface area contributed by atoms with Crippen molar-refractivity contribution in [1.29, 1.82) is 0 Å². The molecular weight excluding hydrogens is 318 g/mol. The highest BCUT2D eigenvalue weighted by Crippen LogP contribution is 2.27. The number of para-hydroxylation sites is 1. The van der Waals surface area contributed by atoms with Crippen molar-refractivity contribution in [2.45, 2.75) is 45.3 Å². The Morgan fingerprint density at radius 1 is 1.40 bits per heavy atom. The van der Waals surface area contributed by atoms with Gasteiger partial charge in [-0.1, -0.05) is 18.2 Å². The van der Waals surface area contributed by atoms with Crippen LogP contribution in [0.3, 0.4) is 0 Å². The number of hydrogen-bond acceptors (Lipinski definition) is 4. The van der Waals surface area contributed by atoms with E-state index in [1.165, 1.54) is 0 Å². The molecule has 1 aromatic carbocycles. The van der Waals surface area contributed by atoms with Crippen LogP contribution in [0.2, 0.25) is 0 Å². The van der Waals surface area contributed by atoms with E-state index in [0.717, 1.165) is 17.0 Å². The van der Waals surface area contributed by atoms with Crippen molar-refractivity contribution < 1.29 is 14.6 Å². The zero-order chi connectivity index (χ0) is 18.0. The molecule has 25 heavy (non-hydrogen) atoms. The highest BCUT2D eigenvalue weighted by atomic mass is 16.5. The standard InChI is InChI=1S/C19H25N3O3/c1-13-16(14(2)21-20-13)11-18(23)22-10-9-19(3,24)17(12-22)25-15-7-5-4-6-8-15/h4-8,17,24H,9-12H2,1-3H3,(H,20,21)/t17-,19-/m1/s1. The van der Waals surface area contributed by atoms with Crippen molar-refractivity contribution >= 4 is 5.91 Å². The third-order valence-corrected chi connectivity index (χ3v) is 4.95. The summed E-state index contributed by atoms with van der Waals surface area (Å²) in [5, 5.41) is 17.7. The number of aliphatic hydroxyl groups is 1. The average molecular weight is 343 g/mol. The van der Waals surface area contributed by atoms with Crippen LogP contribution in [-0.2, 0) is 11.2 Å². The van der Waals surface area contributed by atoms with Gasteiger partial charge in [0.15, 0.2) is 0 Å². The van der Waals surface area contributed by atoms with E-state index in [1.54, 1.807) is 11.8 Å². The van der Waals surface area contributed by atoms with Gasteiger partial charge in [-0.2, -0.15) is 5.10 Å². The highest BCUT2D eigenvalue weighted by Gasteiger charge is 2.40. The van der Waals surface area contributed by atoms with Gasteiger partial charge in [-0.3, -0.25) is 9.89 Å². The molecule has 1 aromatic heterocycles. The lowest BCUT2D eigenvalue weighted by molar-refractivity contribution is -0.142. The van der Waals surface area contributed by atoms with Crippen LogP contribution in [0.5, 0.6) is 5.75 Å². The lowest BCUT2D eigenvalue weighted by Gasteiger charge is -2.42. The molecule has 0 radical (unpaired) electrons. The molecular formula is C19H25N3O3. The molecule has 6 nitrogen and oxygen atoms in total. The first-order valence-corrected chi connectivity index (χ1v) is 8.59. The number of benzene rings is 1. The van der Waals surface area contributed by atoms with Crippen LogP contribution in [0, 0.1) is 13.8 Å². The number of nitrogens with zero attached hydrogens (tertiary/aromatic N) is 2. The highest BCUT2D eigenvalue weighted by molar-refractivity contribution is 5.79. The second-order valence-electron chi connectivity index (χ2n) is 6.96. The molecule has 6 heteroatoms. The zero-order valence-corrected chi connectivity index (χ0v) is 15.0. The Bertz CT molecular complexity index is 720. The number of carbonyl (C=O) groups excluding carboxylic acids is 1. The van der Waals surface area contributed by atoms with Gasteiger partial charge >= 0.3 is 0 Å². The Hall–Kier alpha value is -2.34. The summed E-state index contributed by atoms with van der Waals surface area (Å²) in [5.41, 5.74) is 1.76. The van der Waals surface area contributed by atoms with Crippen molar-refractivity contribution in [3.63, 3.8) is 0 Å². The van der Waals surface area contributed by atoms with E-state index in [2.05, 4.69) is 10.2 Å². The predicted molar refractivity (Wildman–Crippen MR) is 94.4 cm³/mol. The maximum Gasteiger partial charge on any atom is 0.227 e. The molecule has 134 valence electrons. The van der Waals surface area contributed by atoms with Crippen LogP contribution < -0.4 is 4.74 Å². The van der Waals surface area contributed by atoms with E-state index in [-0.39, 0.29) is 5.91 Å². The van der Waals surface area contributed by atoms with Gasteiger partial charge in [0.25, 0.3) is 0 Å². The van der Waals surface area contributed by atoms with Crippen LogP contribution >= 0.6 is 0 Å². The first-order valence-electron chi connectivity index (χ1n) is 8.59. The number of piperidine rings is 1. The summed E-state index contributed by atoms with van der Waals surface area (Å²) in [6, 6.07) is 9.40. The van der Waals surface area contributed by atoms with Crippen molar-refractivity contribution in [3.05, 3.63) is 47.3 Å². The lowest BCUT2D eigenvalue weighted by atomic mass is 9.90. The molecule has 1 aliphatic heterocycles. The number of rotatable bonds is 4. The number of ether oxygens (including phenoxy) is 1. The third kappa shape index (κ3) is 3.85. The molecule has 3 rings (SSSR count). The van der Waals surface area contributed by atoms with Crippen LogP contribution in [0.1, 0.15) is 30.3 Å². The Labute approximate surface area is 147 Å². The van der Waals surface area contributed by atoms with Crippen LogP contribution in [0.25, 0.3) is 0 Å². The number of nitrogens with one attached hydrogen (secondary N) is 1. The maximum atomic E-state index is 12.7. The van der Waals surface area contributed by atoms with E-state index in [1.807, 2.05) is 44.2 Å². The number of aryl methyl sites for hydroxylation is 2. The first kappa shape index (κ1) is 17.5. The molecule has 0 unspecified atom stereocenters. The first-order chi connectivity index (χ1) is 11.9. The monoisotopic (exact) mass is 343 g/mol. The molecule has 2 heterocycles. The van der Waals surface area contributed by atoms with Crippen LogP contribution in [-0.4, -0.2) is 50.9 Å². The van der Waals surface area contributed by atoms with Crippen LogP contribution in [0.15, 0.2) is 30.3 Å². The minimum Gasteiger partial charge on any atom is -0.486 e. The Kier molecular flexibility index (Phi) is 4.81. The molecule has 0 bridgehead atoms. The molecule has 1 amide bonds. The fraction of sp³-hybridized carbons (Fsp3) is 0.474. The van der Waals surface area contributed by atoms with Gasteiger partial charge in [-0.05, 0) is 39.3 Å². The summed E-state index contributed by atoms with van der Waals surface area (Å²) in [6.45, 7) is 6.49. The molecule has 2 N–H and O–H groups in total. The second kappa shape index (κ2) is 6.88. The van der Waals surface area contributed by atoms with E-state index in [0.29, 0.717) is 31.7 Å². The Morgan fingerprint density at radius 2 is 2.12 bits per heavy atom. The van der Waals surface area contributed by atoms with Crippen molar-refractivity contribution in [1.82, 2.24) is 15.1 Å². The minimum absolute atomic E-state index is 0.0322. The SMILES string of the molecule is Cc1n[nH]c(C)c1CC(=O)N1CC[C@@](C)(O)[C@H](Oc2ccccc2)C1. The van der Waals surface area contributed by atoms with Gasteiger partial charge in [-0.25, -0.2) is 0 Å². The van der Waals surface area contributed by atoms with E-state index < -0.39 is 11.7 Å². The number of likely N-dealkylation sites (tertiary alicyclic amines) is 1. The van der Waals surface area contributed by atoms with Crippen molar-refractivity contribution in [3.8, 4) is 5.75 Å². The van der Waals surface area contributed by atoms with Crippen LogP contribution in [0.4, 0.5) is 0 Å². The van der Waals surface area contributed by atoms with E-state index in [9.17, 15) is 9.90 Å². The third-order valence-electron chi connectivity index (χ3n) is 4.95. The van der Waals surface area contributed by atoms with Crippen molar-refractivity contribution in [2.75, 3.05) is 13.1 Å². The summed E-state index contributed by atoms with van der Waals surface area (Å²) in [6.07, 6.45) is 0.340. The number of aromatic amines is 1. The normalized spacial score (nSPS) is 23.5. The van der Waals surface area contributed by atoms with Gasteiger partial charge in [0.05, 0.1) is 18.7 Å². The Morgan fingerprint density at radius 3 is 2.76 bits per heavy atom. The summed E-state index contributed by atoms with van der Waals surface area (Å²) in [7, 11) is 0. The molecule has 1 aliphatic rings. The topological polar surface area (TPSA) is 78.5 Å². The summed E-state index contributed by atoms with van der Waals surface area (Å²) < 4.78 is 5.97. The molecule has 1 fully saturated rings. The quantitative estimate of drug-likeness (QED) is 0.890. The summed E-state index contributed by atoms with van der Waals surface area (Å²) >= 11 is 0. The summed E-state index contributed by atoms with van der Waals surface area (Å²) in [5.74, 6) is 0.730. The maximum absolute atomic E-state index is 12.7. The van der Waals surface area contributed by atoms with E-state index in [4.69, 9.17) is 4.74 Å². The minimum atomic E-state index is -0.964. The smallest absolute Gasteiger partial charge is 0.227 e. The number of aromatic nitrogens is 2. The second-order valence-corrected chi connectivity index (χ2v) is 6.96. The number of carbonyl (C=O) groups is 1. The van der Waals surface area contributed by atoms with Gasteiger partial charge in [-0.15, -0.1) is 0 Å². The molecule has 0 spiro atoms. The fourth-order valence-electron chi connectivity index (χ4n) is 3.16. The molecule has 0 saturated carbocycles. The van der Waals surface area contributed by atoms with Gasteiger partial charge < -0.3 is 14.7 Å². The largest absolute Gasteiger partial charge is 0.486 e. The molecule has 1 saturated heterocycles. The lowest BCUT2D eigenvalue weighted by Crippen LogP contribution is -2.57. The van der Waals surface area contributed by atoms with E-state index >= 15 is 0 Å². The van der Waals surface area contributed by atoms with Gasteiger partial charge in [0.2, 0.25) is 5.91 Å². The fourth-order valence-corrected chi connectivity index (χ4v) is 3.16. The molecule has 2 atom stereocenters. The molecule has 2 aromatic rings. The number of H-pyrrole nitrogens is 1. The van der Waals surface area contributed by atoms with Gasteiger partial charge in [0, 0.05) is 17.8 Å². The van der Waals surface area contributed by atoms with Gasteiger partial charge in [0.1, 0.15) is 17.5 Å².